The first-order valence-corrected chi connectivity index (χ1v) is 6.61. The Balaban J connectivity index is 2.29. The molecular formula is C13H17BrN2O2. The van der Waals surface area contributed by atoms with Crippen LogP contribution in [0.5, 0.6) is 0 Å². The molecule has 0 saturated heterocycles. The second-order valence-corrected chi connectivity index (χ2v) is 6.28. The molecule has 0 fully saturated rings. The lowest BCUT2D eigenvalue weighted by Crippen LogP contribution is -2.31. The van der Waals surface area contributed by atoms with Crippen LogP contribution < -0.4 is 11.1 Å². The summed E-state index contributed by atoms with van der Waals surface area (Å²) in [7, 11) is 0. The molecule has 1 aliphatic heterocycles. The summed E-state index contributed by atoms with van der Waals surface area (Å²) in [5, 5.41) is 3.15. The predicted octanol–water partition coefficient (Wildman–Crippen LogP) is 2.52. The van der Waals surface area contributed by atoms with E-state index in [2.05, 4.69) is 21.2 Å². The molecule has 0 spiro atoms. The quantitative estimate of drug-likeness (QED) is 0.618. The Hall–Kier alpha value is -1.07. The number of hydrogen-bond acceptors (Lipinski definition) is 4. The van der Waals surface area contributed by atoms with Crippen molar-refractivity contribution in [2.24, 2.45) is 0 Å². The Morgan fingerprint density at radius 2 is 2.17 bits per heavy atom. The van der Waals surface area contributed by atoms with E-state index in [1.54, 1.807) is 0 Å². The fourth-order valence-electron chi connectivity index (χ4n) is 2.04. The van der Waals surface area contributed by atoms with Gasteiger partial charge in [-0.25, -0.2) is 4.79 Å². The average Bonchev–Trinajstić information content (AvgIpc) is 2.58. The summed E-state index contributed by atoms with van der Waals surface area (Å²) in [6.45, 7) is 6.21. The number of nitrogens with two attached hydrogens (primary N) is 1. The predicted molar refractivity (Wildman–Crippen MR) is 74.0 cm³/mol. The van der Waals surface area contributed by atoms with Gasteiger partial charge in [0.2, 0.25) is 0 Å². The van der Waals surface area contributed by atoms with Crippen molar-refractivity contribution in [1.29, 1.82) is 0 Å². The van der Waals surface area contributed by atoms with Crippen LogP contribution in [-0.4, -0.2) is 11.6 Å². The molecule has 98 valence electrons. The van der Waals surface area contributed by atoms with Gasteiger partial charge in [0.15, 0.2) is 0 Å². The molecule has 4 nitrogen and oxygen atoms in total. The second kappa shape index (κ2) is 4.55. The van der Waals surface area contributed by atoms with Gasteiger partial charge < -0.3 is 10.5 Å². The Kier molecular flexibility index (Phi) is 3.38. The molecule has 0 saturated carbocycles. The molecule has 0 radical (unpaired) electrons. The summed E-state index contributed by atoms with van der Waals surface area (Å²) < 4.78 is 6.26. The van der Waals surface area contributed by atoms with Gasteiger partial charge in [-0.1, -0.05) is 15.9 Å². The summed E-state index contributed by atoms with van der Waals surface area (Å²) >= 11 is 3.46. The fraction of sp³-hybridized carbons (Fsp3) is 0.462. The van der Waals surface area contributed by atoms with Crippen LogP contribution in [0.4, 0.5) is 5.69 Å². The molecule has 1 aromatic rings. The third kappa shape index (κ3) is 2.67. The molecule has 2 rings (SSSR count). The number of esters is 1. The van der Waals surface area contributed by atoms with Crippen LogP contribution in [0.1, 0.15) is 37.9 Å². The standard InChI is InChI=1S/C13H17BrN2O2/c1-13(2,3)18-12(17)11-10-7(6-16-11)4-8(15)5-9(10)14/h4-5,11,16H,6,15H2,1-3H3. The van der Waals surface area contributed by atoms with Gasteiger partial charge in [-0.3, -0.25) is 5.32 Å². The number of hydrogen-bond donors (Lipinski definition) is 2. The first-order valence-electron chi connectivity index (χ1n) is 5.82. The van der Waals surface area contributed by atoms with Gasteiger partial charge in [-0.05, 0) is 44.0 Å². The van der Waals surface area contributed by atoms with Gasteiger partial charge >= 0.3 is 5.97 Å². The SMILES string of the molecule is CC(C)(C)OC(=O)C1NCc2cc(N)cc(Br)c21. The van der Waals surface area contributed by atoms with Crippen molar-refractivity contribution in [1.82, 2.24) is 5.32 Å². The maximum atomic E-state index is 12.1. The highest BCUT2D eigenvalue weighted by molar-refractivity contribution is 9.10. The summed E-state index contributed by atoms with van der Waals surface area (Å²) in [4.78, 5) is 12.1. The monoisotopic (exact) mass is 312 g/mol. The van der Waals surface area contributed by atoms with Gasteiger partial charge in [0.1, 0.15) is 11.6 Å². The van der Waals surface area contributed by atoms with Crippen LogP contribution in [-0.2, 0) is 16.1 Å². The maximum absolute atomic E-state index is 12.1. The Bertz CT molecular complexity index is 494. The van der Waals surface area contributed by atoms with Crippen molar-refractivity contribution in [3.63, 3.8) is 0 Å². The molecule has 0 aromatic heterocycles. The van der Waals surface area contributed by atoms with Gasteiger partial charge in [-0.2, -0.15) is 0 Å². The first kappa shape index (κ1) is 13.4. The largest absolute Gasteiger partial charge is 0.459 e. The lowest BCUT2D eigenvalue weighted by molar-refractivity contribution is -0.157. The molecular weight excluding hydrogens is 296 g/mol. The van der Waals surface area contributed by atoms with Crippen LogP contribution in [0.2, 0.25) is 0 Å². The number of rotatable bonds is 1. The molecule has 3 N–H and O–H groups in total. The van der Waals surface area contributed by atoms with E-state index in [4.69, 9.17) is 10.5 Å². The number of nitrogens with one attached hydrogen (secondary N) is 1. The van der Waals surface area contributed by atoms with E-state index >= 15 is 0 Å². The highest BCUT2D eigenvalue weighted by Gasteiger charge is 2.33. The molecule has 1 heterocycles. The topological polar surface area (TPSA) is 64.3 Å². The Morgan fingerprint density at radius 1 is 1.50 bits per heavy atom. The first-order chi connectivity index (χ1) is 8.28. The summed E-state index contributed by atoms with van der Waals surface area (Å²) in [6.07, 6.45) is 0. The molecule has 5 heteroatoms. The zero-order valence-electron chi connectivity index (χ0n) is 10.7. The van der Waals surface area contributed by atoms with Gasteiger partial charge in [-0.15, -0.1) is 0 Å². The van der Waals surface area contributed by atoms with Crippen LogP contribution in [0.3, 0.4) is 0 Å². The van der Waals surface area contributed by atoms with E-state index in [0.29, 0.717) is 12.2 Å². The van der Waals surface area contributed by atoms with Crippen molar-refractivity contribution in [2.45, 2.75) is 39.0 Å². The highest BCUT2D eigenvalue weighted by atomic mass is 79.9. The molecule has 18 heavy (non-hydrogen) atoms. The second-order valence-electron chi connectivity index (χ2n) is 5.42. The van der Waals surface area contributed by atoms with E-state index in [-0.39, 0.29) is 5.97 Å². The highest BCUT2D eigenvalue weighted by Crippen LogP contribution is 2.35. The molecule has 1 aliphatic rings. The third-order valence-electron chi connectivity index (χ3n) is 2.67. The van der Waals surface area contributed by atoms with Crippen LogP contribution in [0, 0.1) is 0 Å². The van der Waals surface area contributed by atoms with Crippen molar-refractivity contribution < 1.29 is 9.53 Å². The third-order valence-corrected chi connectivity index (χ3v) is 3.32. The number of ether oxygens (including phenoxy) is 1. The van der Waals surface area contributed by atoms with E-state index in [9.17, 15) is 4.79 Å². The van der Waals surface area contributed by atoms with E-state index in [1.165, 1.54) is 0 Å². The number of nitrogen functional groups attached to an aromatic ring is 1. The maximum Gasteiger partial charge on any atom is 0.328 e. The van der Waals surface area contributed by atoms with Gasteiger partial charge in [0.05, 0.1) is 0 Å². The fourth-order valence-corrected chi connectivity index (χ4v) is 2.79. The number of carbonyl (C=O) groups excluding carboxylic acids is 1. The smallest absolute Gasteiger partial charge is 0.328 e. The van der Waals surface area contributed by atoms with Crippen molar-refractivity contribution in [3.05, 3.63) is 27.7 Å². The zero-order valence-corrected chi connectivity index (χ0v) is 12.3. The zero-order chi connectivity index (χ0) is 13.5. The number of halogens is 1. The van der Waals surface area contributed by atoms with Gasteiger partial charge in [0.25, 0.3) is 0 Å². The van der Waals surface area contributed by atoms with Crippen molar-refractivity contribution in [2.75, 3.05) is 5.73 Å². The summed E-state index contributed by atoms with van der Waals surface area (Å²) in [6, 6.07) is 3.27. The van der Waals surface area contributed by atoms with Crippen LogP contribution in [0.25, 0.3) is 0 Å². The van der Waals surface area contributed by atoms with Crippen molar-refractivity contribution >= 4 is 27.6 Å². The Morgan fingerprint density at radius 3 is 2.78 bits per heavy atom. The average molecular weight is 313 g/mol. The molecule has 1 aromatic carbocycles. The summed E-state index contributed by atoms with van der Waals surface area (Å²) in [5.74, 6) is -0.258. The van der Waals surface area contributed by atoms with E-state index in [0.717, 1.165) is 15.6 Å². The molecule has 0 amide bonds. The summed E-state index contributed by atoms with van der Waals surface area (Å²) in [5.41, 5.74) is 7.95. The van der Waals surface area contributed by atoms with Crippen LogP contribution in [0.15, 0.2) is 16.6 Å². The van der Waals surface area contributed by atoms with Crippen LogP contribution >= 0.6 is 15.9 Å². The number of benzene rings is 1. The minimum Gasteiger partial charge on any atom is -0.459 e. The number of anilines is 1. The molecule has 0 aliphatic carbocycles. The number of carbonyl (C=O) groups is 1. The normalized spacial score (nSPS) is 18.6. The molecule has 1 atom stereocenters. The van der Waals surface area contributed by atoms with Crippen molar-refractivity contribution in [3.8, 4) is 0 Å². The molecule has 0 bridgehead atoms. The van der Waals surface area contributed by atoms with E-state index in [1.807, 2.05) is 32.9 Å². The Labute approximate surface area is 115 Å². The lowest BCUT2D eigenvalue weighted by Gasteiger charge is -2.22. The van der Waals surface area contributed by atoms with Gasteiger partial charge in [0, 0.05) is 16.7 Å². The lowest BCUT2D eigenvalue weighted by atomic mass is 10.0. The van der Waals surface area contributed by atoms with E-state index < -0.39 is 11.6 Å². The minimum absolute atomic E-state index is 0.258. The number of fused-ring (bicyclic) bond motifs is 1. The molecule has 1 unspecified atom stereocenters. The minimum atomic E-state index is -0.484.